The number of carbonyl (C=O) groups excluding carboxylic acids is 3. The minimum Gasteiger partial charge on any atom is -0.450 e. The van der Waals surface area contributed by atoms with Crippen LogP contribution < -0.4 is 22.5 Å². The van der Waals surface area contributed by atoms with Gasteiger partial charge in [-0.3, -0.25) is 14.6 Å². The minimum absolute atomic E-state index is 0.00658. The van der Waals surface area contributed by atoms with Gasteiger partial charge in [0.05, 0.1) is 36.0 Å². The highest BCUT2D eigenvalue weighted by atomic mass is 19.1. The smallest absolute Gasteiger partial charge is 0.409 e. The molecule has 0 bridgehead atoms. The van der Waals surface area contributed by atoms with Crippen molar-refractivity contribution in [2.45, 2.75) is 83.3 Å². The highest BCUT2D eigenvalue weighted by molar-refractivity contribution is 5.79. The lowest BCUT2D eigenvalue weighted by molar-refractivity contribution is -0.122. The molecule has 2 aromatic rings. The molecule has 2 aromatic carbocycles. The molecular weight excluding hydrogens is 686 g/mol. The first-order valence-electron chi connectivity index (χ1n) is 18.6. The first-order valence-corrected chi connectivity index (χ1v) is 18.6. The van der Waals surface area contributed by atoms with Crippen molar-refractivity contribution in [2.24, 2.45) is 0 Å². The second kappa shape index (κ2) is 18.6. The van der Waals surface area contributed by atoms with E-state index in [1.807, 2.05) is 18.7 Å². The van der Waals surface area contributed by atoms with E-state index in [1.54, 1.807) is 11.0 Å². The van der Waals surface area contributed by atoms with Gasteiger partial charge in [0, 0.05) is 82.3 Å². The van der Waals surface area contributed by atoms with Gasteiger partial charge in [-0.25, -0.2) is 18.4 Å². The van der Waals surface area contributed by atoms with Gasteiger partial charge in [-0.05, 0) is 89.8 Å². The molecule has 2 amide bonds. The van der Waals surface area contributed by atoms with E-state index in [9.17, 15) is 23.2 Å². The number of halogens is 2. The van der Waals surface area contributed by atoms with Crippen molar-refractivity contribution in [3.63, 3.8) is 0 Å². The van der Waals surface area contributed by atoms with Crippen LogP contribution in [0.3, 0.4) is 0 Å². The zero-order valence-electron chi connectivity index (χ0n) is 31.7. The van der Waals surface area contributed by atoms with Crippen LogP contribution in [-0.4, -0.2) is 120 Å². The highest BCUT2D eigenvalue weighted by Gasteiger charge is 2.43. The van der Waals surface area contributed by atoms with Crippen LogP contribution in [-0.2, 0) is 14.3 Å². The Hall–Kier alpha value is -4.37. The normalized spacial score (nSPS) is 23.8. The number of piperidine rings is 2. The number of anilines is 4. The summed E-state index contributed by atoms with van der Waals surface area (Å²) in [6.07, 6.45) is 4.78. The lowest BCUT2D eigenvalue weighted by Crippen LogP contribution is -2.53. The summed E-state index contributed by atoms with van der Waals surface area (Å²) in [7, 11) is 0. The van der Waals surface area contributed by atoms with Gasteiger partial charge >= 0.3 is 12.2 Å². The van der Waals surface area contributed by atoms with Crippen molar-refractivity contribution in [1.29, 1.82) is 0 Å². The zero-order valence-corrected chi connectivity index (χ0v) is 31.7. The summed E-state index contributed by atoms with van der Waals surface area (Å²) < 4.78 is 35.6. The molecule has 53 heavy (non-hydrogen) atoms. The molecule has 0 aromatic heterocycles. The Morgan fingerprint density at radius 3 is 1.66 bits per heavy atom. The average Bonchev–Trinajstić information content (AvgIpc) is 3.74. The number of nitrogen functional groups attached to an aromatic ring is 3. The summed E-state index contributed by atoms with van der Waals surface area (Å²) in [6, 6.07) is 8.70. The molecule has 15 heteroatoms. The summed E-state index contributed by atoms with van der Waals surface area (Å²) in [5.74, 6) is -0.319. The number of nitrogens with zero attached hydrogens (tertiary/aromatic N) is 4. The number of carbonyl (C=O) groups is 3. The Kier molecular flexibility index (Phi) is 14.5. The standard InChI is InChI=1S/C19H29FN4O2.C13H22N2O3.C6H7FN2/c1-3-26-18(25)23-11-8-19(2,13-23)24-9-6-15(7-10-24)22-17-5-4-14(20)12-16(17)21;1-3-18-12(17)14-9-6-13(2,10-14)15-7-4-11(16)5-8-15;7-4-1-2-5(8)6(9)3-4/h4-5,12,15,22H,3,6-11,13,21H2,1-2H3;3-10H2,1-2H3;1-3H,8-9H2. The number of likely N-dealkylation sites (tertiary alicyclic amines) is 4. The molecule has 4 aliphatic rings. The Morgan fingerprint density at radius 2 is 1.21 bits per heavy atom. The van der Waals surface area contributed by atoms with Crippen molar-refractivity contribution in [1.82, 2.24) is 19.6 Å². The van der Waals surface area contributed by atoms with E-state index in [1.165, 1.54) is 30.3 Å². The van der Waals surface area contributed by atoms with Crippen molar-refractivity contribution in [3.05, 3.63) is 48.0 Å². The third-order valence-corrected chi connectivity index (χ3v) is 10.7. The van der Waals surface area contributed by atoms with Gasteiger partial charge in [-0.1, -0.05) is 0 Å². The Balaban J connectivity index is 0.000000200. The predicted molar refractivity (Wildman–Crippen MR) is 203 cm³/mol. The van der Waals surface area contributed by atoms with Gasteiger partial charge in [0.15, 0.2) is 0 Å². The van der Waals surface area contributed by atoms with Crippen LogP contribution in [0.15, 0.2) is 36.4 Å². The third kappa shape index (κ3) is 11.3. The quantitative estimate of drug-likeness (QED) is 0.288. The molecule has 7 N–H and O–H groups in total. The summed E-state index contributed by atoms with van der Waals surface area (Å²) in [5, 5.41) is 3.44. The molecule has 0 saturated carbocycles. The fourth-order valence-electron chi connectivity index (χ4n) is 7.44. The van der Waals surface area contributed by atoms with Crippen LogP contribution in [0.4, 0.5) is 41.1 Å². The number of hydrogen-bond donors (Lipinski definition) is 4. The minimum atomic E-state index is -0.360. The number of benzene rings is 2. The lowest BCUT2D eigenvalue weighted by Gasteiger charge is -2.43. The zero-order chi connectivity index (χ0) is 38.8. The van der Waals surface area contributed by atoms with Gasteiger partial charge < -0.3 is 41.8 Å². The summed E-state index contributed by atoms with van der Waals surface area (Å²) >= 11 is 0. The summed E-state index contributed by atoms with van der Waals surface area (Å²) in [6.45, 7) is 15.4. The van der Waals surface area contributed by atoms with Gasteiger partial charge in [0.25, 0.3) is 0 Å². The first kappa shape index (κ1) is 41.4. The number of rotatable bonds is 6. The van der Waals surface area contributed by atoms with Crippen LogP contribution in [0.1, 0.15) is 66.2 Å². The topological polar surface area (TPSA) is 173 Å². The number of ether oxygens (including phenoxy) is 2. The maximum Gasteiger partial charge on any atom is 0.409 e. The molecule has 0 aliphatic carbocycles. The molecular formula is C38H58F2N8O5. The number of ketones is 1. The SMILES string of the molecule is CCOC(=O)N1CCC(C)(N2CCC(=O)CC2)C1.CCOC(=O)N1CCC(C)(N2CCC(Nc3ccc(F)cc3N)CC2)C1.Nc1ccc(F)cc1N. The summed E-state index contributed by atoms with van der Waals surface area (Å²) in [4.78, 5) is 43.4. The number of hydrogen-bond acceptors (Lipinski definition) is 11. The van der Waals surface area contributed by atoms with Crippen molar-refractivity contribution >= 4 is 40.7 Å². The van der Waals surface area contributed by atoms with E-state index in [2.05, 4.69) is 29.0 Å². The Labute approximate surface area is 312 Å². The van der Waals surface area contributed by atoms with E-state index in [4.69, 9.17) is 26.7 Å². The molecule has 4 saturated heterocycles. The lowest BCUT2D eigenvalue weighted by atomic mass is 9.94. The Morgan fingerprint density at radius 1 is 0.736 bits per heavy atom. The monoisotopic (exact) mass is 744 g/mol. The molecule has 13 nitrogen and oxygen atoms in total. The highest BCUT2D eigenvalue weighted by Crippen LogP contribution is 2.33. The van der Waals surface area contributed by atoms with Gasteiger partial charge in [0.2, 0.25) is 0 Å². The average molecular weight is 745 g/mol. The molecule has 0 radical (unpaired) electrons. The van der Waals surface area contributed by atoms with Crippen LogP contribution in [0, 0.1) is 11.6 Å². The van der Waals surface area contributed by atoms with Gasteiger partial charge in [-0.15, -0.1) is 0 Å². The van der Waals surface area contributed by atoms with Gasteiger partial charge in [0.1, 0.15) is 17.4 Å². The summed E-state index contributed by atoms with van der Waals surface area (Å²) in [5.41, 5.74) is 18.4. The van der Waals surface area contributed by atoms with Crippen molar-refractivity contribution in [3.8, 4) is 0 Å². The molecule has 2 unspecified atom stereocenters. The fourth-order valence-corrected chi connectivity index (χ4v) is 7.44. The molecule has 4 aliphatic heterocycles. The van der Waals surface area contributed by atoms with E-state index in [0.717, 1.165) is 77.2 Å². The van der Waals surface area contributed by atoms with Crippen LogP contribution in [0.25, 0.3) is 0 Å². The fraction of sp³-hybridized carbons (Fsp3) is 0.605. The number of nitrogens with one attached hydrogen (secondary N) is 1. The first-order chi connectivity index (χ1) is 25.2. The molecule has 4 fully saturated rings. The number of amides is 2. The molecule has 294 valence electrons. The van der Waals surface area contributed by atoms with Crippen LogP contribution in [0.5, 0.6) is 0 Å². The van der Waals surface area contributed by atoms with Crippen molar-refractivity contribution < 1.29 is 32.6 Å². The maximum absolute atomic E-state index is 13.2. The van der Waals surface area contributed by atoms with Crippen molar-refractivity contribution in [2.75, 3.05) is 88.1 Å². The van der Waals surface area contributed by atoms with Crippen LogP contribution >= 0.6 is 0 Å². The molecule has 2 atom stereocenters. The van der Waals surface area contributed by atoms with Crippen LogP contribution in [0.2, 0.25) is 0 Å². The second-order valence-electron chi connectivity index (χ2n) is 14.7. The predicted octanol–water partition coefficient (Wildman–Crippen LogP) is 5.17. The largest absolute Gasteiger partial charge is 0.450 e. The van der Waals surface area contributed by atoms with Gasteiger partial charge in [-0.2, -0.15) is 0 Å². The van der Waals surface area contributed by atoms with E-state index in [0.29, 0.717) is 55.8 Å². The maximum atomic E-state index is 13.2. The number of nitrogens with two attached hydrogens (primary N) is 3. The third-order valence-electron chi connectivity index (χ3n) is 10.7. The Bertz CT molecular complexity index is 1550. The molecule has 0 spiro atoms. The molecule has 4 heterocycles. The van der Waals surface area contributed by atoms with E-state index in [-0.39, 0.29) is 40.6 Å². The second-order valence-corrected chi connectivity index (χ2v) is 14.7. The van der Waals surface area contributed by atoms with E-state index >= 15 is 0 Å². The van der Waals surface area contributed by atoms with E-state index < -0.39 is 0 Å². The number of Topliss-reactive ketones (excluding diaryl/α,β-unsaturated/α-hetero) is 1. The molecule has 6 rings (SSSR count).